The number of carbonyl (C=O) groups excluding carboxylic acids is 1. The third-order valence-electron chi connectivity index (χ3n) is 2.96. The summed E-state index contributed by atoms with van der Waals surface area (Å²) in [6.07, 6.45) is 1.13. The summed E-state index contributed by atoms with van der Waals surface area (Å²) in [5, 5.41) is 3.01. The monoisotopic (exact) mass is 315 g/mol. The maximum atomic E-state index is 11.8. The minimum absolute atomic E-state index is 0.0285. The van der Waals surface area contributed by atoms with E-state index in [-0.39, 0.29) is 11.5 Å². The lowest BCUT2D eigenvalue weighted by molar-refractivity contribution is -0.149. The quantitative estimate of drug-likeness (QED) is 0.756. The maximum Gasteiger partial charge on any atom is 0.329 e. The lowest BCUT2D eigenvalue weighted by Crippen LogP contribution is -2.54. The van der Waals surface area contributed by atoms with Crippen molar-refractivity contribution in [1.82, 2.24) is 5.32 Å². The van der Waals surface area contributed by atoms with E-state index in [9.17, 15) is 13.2 Å². The van der Waals surface area contributed by atoms with E-state index in [0.29, 0.717) is 12.3 Å². The molecule has 1 unspecified atom stereocenters. The Labute approximate surface area is 125 Å². The Morgan fingerprint density at radius 1 is 1.38 bits per heavy atom. The van der Waals surface area contributed by atoms with Gasteiger partial charge in [-0.05, 0) is 31.7 Å². The summed E-state index contributed by atoms with van der Waals surface area (Å²) in [5.41, 5.74) is -0.995. The number of benzene rings is 1. The molecule has 1 aromatic carbocycles. The average Bonchev–Trinajstić information content (AvgIpc) is 2.44. The Hall–Kier alpha value is -1.60. The van der Waals surface area contributed by atoms with Gasteiger partial charge in [0.05, 0.1) is 12.0 Å². The molecule has 0 aliphatic heterocycles. The molecular weight excluding hydrogens is 294 g/mol. The Balaban J connectivity index is 2.89. The molecule has 0 spiro atoms. The highest BCUT2D eigenvalue weighted by Gasteiger charge is 2.34. The van der Waals surface area contributed by atoms with E-state index in [1.807, 2.05) is 6.92 Å². The first-order chi connectivity index (χ1) is 9.73. The van der Waals surface area contributed by atoms with E-state index < -0.39 is 21.3 Å². The van der Waals surface area contributed by atoms with Crippen molar-refractivity contribution in [2.24, 2.45) is 0 Å². The molecule has 1 N–H and O–H groups in total. The minimum atomic E-state index is -3.30. The highest BCUT2D eigenvalue weighted by atomic mass is 32.2. The van der Waals surface area contributed by atoms with Crippen LogP contribution in [-0.4, -0.2) is 46.4 Å². The third-order valence-corrected chi connectivity index (χ3v) is 4.07. The number of hydrogen-bond acceptors (Lipinski definition) is 6. The number of ether oxygens (including phenoxy) is 2. The maximum absolute atomic E-state index is 11.8. The largest absolute Gasteiger partial charge is 0.491 e. The molecule has 0 saturated carbocycles. The van der Waals surface area contributed by atoms with Gasteiger partial charge in [-0.25, -0.2) is 13.2 Å². The summed E-state index contributed by atoms with van der Waals surface area (Å²) in [5.74, 6) is -0.0606. The van der Waals surface area contributed by atoms with Crippen LogP contribution < -0.4 is 10.1 Å². The normalized spacial score (nSPS) is 14.3. The smallest absolute Gasteiger partial charge is 0.329 e. The molecule has 0 aromatic heterocycles. The molecule has 7 heteroatoms. The molecule has 1 atom stereocenters. The van der Waals surface area contributed by atoms with Crippen LogP contribution >= 0.6 is 0 Å². The van der Waals surface area contributed by atoms with Crippen LogP contribution in [0.3, 0.4) is 0 Å². The molecule has 0 fully saturated rings. The van der Waals surface area contributed by atoms with Crippen molar-refractivity contribution >= 4 is 15.8 Å². The first-order valence-corrected chi connectivity index (χ1v) is 8.38. The highest BCUT2D eigenvalue weighted by Crippen LogP contribution is 2.19. The number of esters is 1. The molecule has 0 bridgehead atoms. The van der Waals surface area contributed by atoms with E-state index in [0.717, 1.165) is 6.26 Å². The van der Waals surface area contributed by atoms with Crippen LogP contribution in [0.4, 0.5) is 0 Å². The van der Waals surface area contributed by atoms with Gasteiger partial charge in [-0.15, -0.1) is 0 Å². The number of rotatable bonds is 7. The fraction of sp³-hybridized carbons (Fsp3) is 0.500. The molecule has 21 heavy (non-hydrogen) atoms. The Morgan fingerprint density at radius 2 is 2.05 bits per heavy atom. The number of sulfone groups is 1. The fourth-order valence-corrected chi connectivity index (χ4v) is 2.48. The van der Waals surface area contributed by atoms with Crippen molar-refractivity contribution in [2.45, 2.75) is 24.3 Å². The molecule has 118 valence electrons. The Kier molecular flexibility index (Phi) is 5.74. The predicted molar refractivity (Wildman–Crippen MR) is 79.1 cm³/mol. The summed E-state index contributed by atoms with van der Waals surface area (Å²) in [7, 11) is -1.99. The van der Waals surface area contributed by atoms with Gasteiger partial charge >= 0.3 is 5.97 Å². The van der Waals surface area contributed by atoms with E-state index in [2.05, 4.69) is 5.32 Å². The third kappa shape index (κ3) is 4.71. The van der Waals surface area contributed by atoms with Crippen LogP contribution in [0.15, 0.2) is 29.2 Å². The van der Waals surface area contributed by atoms with Gasteiger partial charge in [-0.3, -0.25) is 5.32 Å². The van der Waals surface area contributed by atoms with Crippen LogP contribution in [0.1, 0.15) is 13.8 Å². The van der Waals surface area contributed by atoms with E-state index in [4.69, 9.17) is 9.47 Å². The molecule has 0 aliphatic rings. The Bertz CT molecular complexity index is 599. The fourth-order valence-electron chi connectivity index (χ4n) is 1.82. The number of hydrogen-bond donors (Lipinski definition) is 1. The van der Waals surface area contributed by atoms with Crippen molar-refractivity contribution in [3.8, 4) is 5.75 Å². The number of methoxy groups -OCH3 is 1. The molecule has 1 rings (SSSR count). The number of nitrogens with one attached hydrogen (secondary N) is 1. The summed E-state index contributed by atoms with van der Waals surface area (Å²) in [4.78, 5) is 12.0. The van der Waals surface area contributed by atoms with Crippen LogP contribution in [-0.2, 0) is 19.4 Å². The second-order valence-corrected chi connectivity index (χ2v) is 6.91. The van der Waals surface area contributed by atoms with Gasteiger partial charge in [-0.1, -0.05) is 13.0 Å². The summed E-state index contributed by atoms with van der Waals surface area (Å²) < 4.78 is 33.3. The van der Waals surface area contributed by atoms with Crippen molar-refractivity contribution in [1.29, 1.82) is 0 Å². The van der Waals surface area contributed by atoms with Gasteiger partial charge < -0.3 is 9.47 Å². The first-order valence-electron chi connectivity index (χ1n) is 6.49. The SMILES string of the molecule is CCNC(C)(COc1cccc(S(C)(=O)=O)c1)C(=O)OC. The molecule has 0 saturated heterocycles. The summed E-state index contributed by atoms with van der Waals surface area (Å²) in [6.45, 7) is 4.13. The van der Waals surface area contributed by atoms with Gasteiger partial charge in [-0.2, -0.15) is 0 Å². The van der Waals surface area contributed by atoms with Crippen molar-refractivity contribution in [3.63, 3.8) is 0 Å². The van der Waals surface area contributed by atoms with Gasteiger partial charge in [0.1, 0.15) is 17.9 Å². The van der Waals surface area contributed by atoms with E-state index >= 15 is 0 Å². The zero-order chi connectivity index (χ0) is 16.1. The first kappa shape index (κ1) is 17.5. The Morgan fingerprint density at radius 3 is 2.57 bits per heavy atom. The van der Waals surface area contributed by atoms with Crippen molar-refractivity contribution in [2.75, 3.05) is 26.5 Å². The van der Waals surface area contributed by atoms with Crippen LogP contribution in [0, 0.1) is 0 Å². The molecule has 1 aromatic rings. The summed E-state index contributed by atoms with van der Waals surface area (Å²) in [6, 6.07) is 6.15. The van der Waals surface area contributed by atoms with Gasteiger partial charge in [0, 0.05) is 6.26 Å². The van der Waals surface area contributed by atoms with Gasteiger partial charge in [0.25, 0.3) is 0 Å². The van der Waals surface area contributed by atoms with E-state index in [1.54, 1.807) is 19.1 Å². The van der Waals surface area contributed by atoms with Crippen molar-refractivity contribution < 1.29 is 22.7 Å². The van der Waals surface area contributed by atoms with E-state index in [1.165, 1.54) is 19.2 Å². The molecule has 0 radical (unpaired) electrons. The van der Waals surface area contributed by atoms with Crippen molar-refractivity contribution in [3.05, 3.63) is 24.3 Å². The lowest BCUT2D eigenvalue weighted by Gasteiger charge is -2.27. The van der Waals surface area contributed by atoms with Gasteiger partial charge in [0.15, 0.2) is 9.84 Å². The number of carbonyl (C=O) groups is 1. The molecular formula is C14H21NO5S. The van der Waals surface area contributed by atoms with Crippen LogP contribution in [0.2, 0.25) is 0 Å². The highest BCUT2D eigenvalue weighted by molar-refractivity contribution is 7.90. The zero-order valence-corrected chi connectivity index (χ0v) is 13.5. The standard InChI is InChI=1S/C14H21NO5S/c1-5-15-14(2,13(16)19-3)10-20-11-7-6-8-12(9-11)21(4,17)18/h6-9,15H,5,10H2,1-4H3. The molecule has 6 nitrogen and oxygen atoms in total. The second-order valence-electron chi connectivity index (χ2n) is 4.89. The van der Waals surface area contributed by atoms with Crippen LogP contribution in [0.5, 0.6) is 5.75 Å². The molecule has 0 amide bonds. The average molecular weight is 315 g/mol. The van der Waals surface area contributed by atoms with Gasteiger partial charge in [0.2, 0.25) is 0 Å². The number of likely N-dealkylation sites (N-methyl/N-ethyl adjacent to an activating group) is 1. The molecule has 0 aliphatic carbocycles. The second kappa shape index (κ2) is 6.91. The summed E-state index contributed by atoms with van der Waals surface area (Å²) >= 11 is 0. The van der Waals surface area contributed by atoms with Crippen LogP contribution in [0.25, 0.3) is 0 Å². The molecule has 0 heterocycles. The zero-order valence-electron chi connectivity index (χ0n) is 12.7. The lowest BCUT2D eigenvalue weighted by atomic mass is 10.0. The topological polar surface area (TPSA) is 81.7 Å². The predicted octanol–water partition coefficient (Wildman–Crippen LogP) is 1.01. The minimum Gasteiger partial charge on any atom is -0.491 e.